The summed E-state index contributed by atoms with van der Waals surface area (Å²) in [6.07, 6.45) is 0.116. The van der Waals surface area contributed by atoms with Crippen molar-refractivity contribution in [2.45, 2.75) is 69.3 Å². The van der Waals surface area contributed by atoms with Crippen molar-refractivity contribution in [2.24, 2.45) is 0 Å². The van der Waals surface area contributed by atoms with Crippen molar-refractivity contribution in [3.63, 3.8) is 0 Å². The Morgan fingerprint density at radius 2 is 1.92 bits per heavy atom. The maximum Gasteiger partial charge on any atom is 0.190 e. The van der Waals surface area contributed by atoms with Crippen LogP contribution in [-0.2, 0) is 30.3 Å². The van der Waals surface area contributed by atoms with Gasteiger partial charge >= 0.3 is 0 Å². The minimum atomic E-state index is -0.616. The van der Waals surface area contributed by atoms with Crippen LogP contribution in [0.1, 0.15) is 25.8 Å². The fourth-order valence-electron chi connectivity index (χ4n) is 4.18. The van der Waals surface area contributed by atoms with Gasteiger partial charge in [-0.25, -0.2) is 0 Å². The molecule has 4 aliphatic heterocycles. The highest BCUT2D eigenvalue weighted by molar-refractivity contribution is 5.14. The van der Waals surface area contributed by atoms with Gasteiger partial charge in [0.2, 0.25) is 0 Å². The molecule has 0 amide bonds. The van der Waals surface area contributed by atoms with Crippen LogP contribution < -0.4 is 0 Å². The predicted octanol–water partition coefficient (Wildman–Crippen LogP) is 1.84. The van der Waals surface area contributed by atoms with E-state index in [1.807, 2.05) is 37.1 Å². The molecule has 0 unspecified atom stereocenters. The number of hydroxylamine groups is 2. The average molecular weight is 333 g/mol. The third-order valence-corrected chi connectivity index (χ3v) is 5.24. The summed E-state index contributed by atoms with van der Waals surface area (Å²) in [6, 6.07) is 10.6. The summed E-state index contributed by atoms with van der Waals surface area (Å²) in [4.78, 5) is 6.22. The van der Waals surface area contributed by atoms with Crippen molar-refractivity contribution in [2.75, 3.05) is 6.61 Å². The Morgan fingerprint density at radius 1 is 1.08 bits per heavy atom. The number of nitrogens with zero attached hydrogens (tertiary/aromatic N) is 1. The summed E-state index contributed by atoms with van der Waals surface area (Å²) in [7, 11) is 0. The van der Waals surface area contributed by atoms with E-state index in [2.05, 4.69) is 12.1 Å². The quantitative estimate of drug-likeness (QED) is 0.823. The van der Waals surface area contributed by atoms with Crippen molar-refractivity contribution in [1.82, 2.24) is 5.06 Å². The molecule has 24 heavy (non-hydrogen) atoms. The third kappa shape index (κ3) is 2.49. The highest BCUT2D eigenvalue weighted by Gasteiger charge is 2.60. The summed E-state index contributed by atoms with van der Waals surface area (Å²) in [5.41, 5.74) is 1.23. The molecule has 0 spiro atoms. The first-order valence-electron chi connectivity index (χ1n) is 8.69. The number of ether oxygens (including phenoxy) is 4. The summed E-state index contributed by atoms with van der Waals surface area (Å²) in [6.45, 7) is 5.20. The van der Waals surface area contributed by atoms with Gasteiger partial charge in [0.15, 0.2) is 12.1 Å². The van der Waals surface area contributed by atoms with Gasteiger partial charge in [-0.1, -0.05) is 30.3 Å². The maximum atomic E-state index is 6.22. The van der Waals surface area contributed by atoms with E-state index in [0.717, 1.165) is 13.0 Å². The molecule has 6 atom stereocenters. The molecule has 0 aromatic heterocycles. The van der Waals surface area contributed by atoms with Gasteiger partial charge in [0.1, 0.15) is 24.4 Å². The first-order chi connectivity index (χ1) is 11.6. The Hall–Kier alpha value is -1.02. The van der Waals surface area contributed by atoms with E-state index in [4.69, 9.17) is 23.8 Å². The fraction of sp³-hybridized carbons (Fsp3) is 0.667. The lowest BCUT2D eigenvalue weighted by molar-refractivity contribution is -0.264. The molecular weight excluding hydrogens is 310 g/mol. The minimum Gasteiger partial charge on any atom is -0.371 e. The van der Waals surface area contributed by atoms with Gasteiger partial charge < -0.3 is 18.9 Å². The summed E-state index contributed by atoms with van der Waals surface area (Å²) >= 11 is 0. The van der Waals surface area contributed by atoms with E-state index < -0.39 is 5.79 Å². The van der Waals surface area contributed by atoms with Crippen molar-refractivity contribution < 1.29 is 23.8 Å². The Labute approximate surface area is 141 Å². The molecule has 4 saturated heterocycles. The van der Waals surface area contributed by atoms with Crippen LogP contribution in [0.5, 0.6) is 0 Å². The number of rotatable bonds is 2. The van der Waals surface area contributed by atoms with E-state index in [1.165, 1.54) is 5.56 Å². The van der Waals surface area contributed by atoms with Gasteiger partial charge in [-0.05, 0) is 25.8 Å². The topological polar surface area (TPSA) is 49.4 Å². The Kier molecular flexibility index (Phi) is 3.49. The van der Waals surface area contributed by atoms with Crippen LogP contribution in [0.3, 0.4) is 0 Å². The monoisotopic (exact) mass is 333 g/mol. The first-order valence-corrected chi connectivity index (χ1v) is 8.69. The first kappa shape index (κ1) is 15.3. The van der Waals surface area contributed by atoms with E-state index >= 15 is 0 Å². The predicted molar refractivity (Wildman–Crippen MR) is 83.7 cm³/mol. The molecule has 1 aromatic carbocycles. The van der Waals surface area contributed by atoms with Gasteiger partial charge in [0.05, 0.1) is 12.6 Å². The lowest BCUT2D eigenvalue weighted by atomic mass is 10.0. The van der Waals surface area contributed by atoms with Crippen molar-refractivity contribution in [1.29, 1.82) is 0 Å². The summed E-state index contributed by atoms with van der Waals surface area (Å²) < 4.78 is 24.1. The molecule has 5 rings (SSSR count). The molecular formula is C18H23NO5. The summed E-state index contributed by atoms with van der Waals surface area (Å²) in [5.74, 6) is -0.616. The molecule has 0 aliphatic carbocycles. The van der Waals surface area contributed by atoms with Crippen LogP contribution in [-0.4, -0.2) is 54.2 Å². The molecule has 6 heteroatoms. The standard InChI is InChI=1S/C18H23NO5/c1-18(2)22-16-15-14(21-17(16)23-18)13-8-12(10-20-15)19(24-13)9-11-6-4-3-5-7-11/h3-7,12-17H,8-10H2,1-2H3/t12-,13+,14-,15+,16-,17-/m1/s1. The Bertz CT molecular complexity index is 609. The zero-order valence-corrected chi connectivity index (χ0v) is 14.0. The van der Waals surface area contributed by atoms with Crippen molar-refractivity contribution >= 4 is 0 Å². The molecule has 6 nitrogen and oxygen atoms in total. The largest absolute Gasteiger partial charge is 0.371 e. The van der Waals surface area contributed by atoms with Gasteiger partial charge in [-0.15, -0.1) is 0 Å². The second-order valence-electron chi connectivity index (χ2n) is 7.46. The fourth-order valence-corrected chi connectivity index (χ4v) is 4.18. The van der Waals surface area contributed by atoms with Gasteiger partial charge in [-0.3, -0.25) is 4.84 Å². The normalized spacial score (nSPS) is 43.4. The lowest BCUT2D eigenvalue weighted by Crippen LogP contribution is -2.44. The maximum absolute atomic E-state index is 6.22. The van der Waals surface area contributed by atoms with Gasteiger partial charge in [0.25, 0.3) is 0 Å². The van der Waals surface area contributed by atoms with E-state index in [0.29, 0.717) is 6.61 Å². The molecule has 4 aliphatic rings. The van der Waals surface area contributed by atoms with E-state index in [9.17, 15) is 0 Å². The van der Waals surface area contributed by atoms with Gasteiger partial charge in [-0.2, -0.15) is 5.06 Å². The number of hydrogen-bond donors (Lipinski definition) is 0. The van der Waals surface area contributed by atoms with Crippen molar-refractivity contribution in [3.8, 4) is 0 Å². The molecule has 2 bridgehead atoms. The third-order valence-electron chi connectivity index (χ3n) is 5.24. The smallest absolute Gasteiger partial charge is 0.190 e. The van der Waals surface area contributed by atoms with E-state index in [1.54, 1.807) is 0 Å². The highest BCUT2D eigenvalue weighted by Crippen LogP contribution is 2.44. The van der Waals surface area contributed by atoms with Crippen LogP contribution in [0.2, 0.25) is 0 Å². The van der Waals surface area contributed by atoms with Crippen LogP contribution >= 0.6 is 0 Å². The second-order valence-corrected chi connectivity index (χ2v) is 7.46. The molecule has 4 fully saturated rings. The van der Waals surface area contributed by atoms with Crippen LogP contribution in [0.4, 0.5) is 0 Å². The SMILES string of the molecule is CC1(C)O[C@H]2O[C@H]3[C@H](OC[C@H]4C[C@@H]3ON4Cc3ccccc3)[C@H]2O1. The Morgan fingerprint density at radius 3 is 2.75 bits per heavy atom. The number of benzene rings is 1. The molecule has 1 aromatic rings. The zero-order chi connectivity index (χ0) is 16.3. The van der Waals surface area contributed by atoms with Crippen molar-refractivity contribution in [3.05, 3.63) is 35.9 Å². The van der Waals surface area contributed by atoms with Crippen LogP contribution in [0, 0.1) is 0 Å². The lowest BCUT2D eigenvalue weighted by Gasteiger charge is -2.31. The van der Waals surface area contributed by atoms with Crippen LogP contribution in [0.15, 0.2) is 30.3 Å². The average Bonchev–Trinajstić information content (AvgIpc) is 3.12. The minimum absolute atomic E-state index is 0.00729. The molecule has 0 N–H and O–H groups in total. The Balaban J connectivity index is 1.31. The number of fused-ring (bicyclic) bond motifs is 6. The van der Waals surface area contributed by atoms with Gasteiger partial charge in [0, 0.05) is 6.54 Å². The number of hydrogen-bond acceptors (Lipinski definition) is 6. The zero-order valence-electron chi connectivity index (χ0n) is 14.0. The highest BCUT2D eigenvalue weighted by atomic mass is 16.8. The van der Waals surface area contributed by atoms with E-state index in [-0.39, 0.29) is 36.7 Å². The molecule has 0 radical (unpaired) electrons. The molecule has 4 heterocycles. The second kappa shape index (κ2) is 5.49. The molecule has 130 valence electrons. The van der Waals surface area contributed by atoms with Crippen LogP contribution in [0.25, 0.3) is 0 Å². The summed E-state index contributed by atoms with van der Waals surface area (Å²) in [5, 5.41) is 2.04. The molecule has 0 saturated carbocycles.